The Morgan fingerprint density at radius 2 is 2.00 bits per heavy atom. The number of nitrogens with zero attached hydrogens (tertiary/aromatic N) is 4. The van der Waals surface area contributed by atoms with Crippen LogP contribution < -0.4 is 5.32 Å². The smallest absolute Gasteiger partial charge is 0.223 e. The molecule has 0 atom stereocenters. The Labute approximate surface area is 144 Å². The van der Waals surface area contributed by atoms with Crippen molar-refractivity contribution in [1.82, 2.24) is 19.7 Å². The number of hydrogen-bond acceptors (Lipinski definition) is 4. The van der Waals surface area contributed by atoms with Crippen LogP contribution in [0.1, 0.15) is 11.3 Å². The van der Waals surface area contributed by atoms with Crippen LogP contribution in [0.2, 0.25) is 10.0 Å². The van der Waals surface area contributed by atoms with E-state index in [0.717, 1.165) is 22.5 Å². The van der Waals surface area contributed by atoms with E-state index in [1.165, 1.54) is 0 Å². The zero-order valence-corrected chi connectivity index (χ0v) is 14.2. The largest absolute Gasteiger partial charge is 0.350 e. The van der Waals surface area contributed by atoms with E-state index in [2.05, 4.69) is 20.4 Å². The van der Waals surface area contributed by atoms with Crippen molar-refractivity contribution in [2.75, 3.05) is 5.32 Å². The molecule has 0 spiro atoms. The molecule has 0 saturated carbocycles. The Kier molecular flexibility index (Phi) is 4.50. The van der Waals surface area contributed by atoms with E-state index in [1.54, 1.807) is 16.9 Å². The summed E-state index contributed by atoms with van der Waals surface area (Å²) < 4.78 is 1.77. The average molecular weight is 348 g/mol. The molecule has 0 radical (unpaired) electrons. The predicted molar refractivity (Wildman–Crippen MR) is 92.8 cm³/mol. The normalized spacial score (nSPS) is 10.8. The maximum Gasteiger partial charge on any atom is 0.223 e. The van der Waals surface area contributed by atoms with Gasteiger partial charge in [-0.3, -0.25) is 4.68 Å². The summed E-state index contributed by atoms with van der Waals surface area (Å²) in [6.07, 6.45) is 3.67. The maximum absolute atomic E-state index is 6.02. The number of anilines is 1. The Bertz CT molecular complexity index is 844. The van der Waals surface area contributed by atoms with Gasteiger partial charge in [0.2, 0.25) is 5.95 Å². The molecular weight excluding hydrogens is 333 g/mol. The lowest BCUT2D eigenvalue weighted by Crippen LogP contribution is -2.04. The SMILES string of the molecule is Cc1nn(C)cc1-c1ccnc(NCc2ccc(Cl)c(Cl)c2)n1. The molecule has 1 N–H and O–H groups in total. The van der Waals surface area contributed by atoms with Crippen molar-refractivity contribution >= 4 is 29.2 Å². The number of aromatic nitrogens is 4. The highest BCUT2D eigenvalue weighted by Crippen LogP contribution is 2.23. The molecule has 7 heteroatoms. The number of benzene rings is 1. The lowest BCUT2D eigenvalue weighted by molar-refractivity contribution is 0.756. The first kappa shape index (κ1) is 15.8. The minimum absolute atomic E-state index is 0.534. The Morgan fingerprint density at radius 3 is 2.70 bits per heavy atom. The van der Waals surface area contributed by atoms with Crippen molar-refractivity contribution in [3.63, 3.8) is 0 Å². The summed E-state index contributed by atoms with van der Waals surface area (Å²) in [7, 11) is 1.89. The van der Waals surface area contributed by atoms with Gasteiger partial charge in [0.05, 0.1) is 21.4 Å². The summed E-state index contributed by atoms with van der Waals surface area (Å²) >= 11 is 11.9. The maximum atomic E-state index is 6.02. The molecule has 1 aromatic carbocycles. The van der Waals surface area contributed by atoms with E-state index in [0.29, 0.717) is 22.5 Å². The van der Waals surface area contributed by atoms with Crippen LogP contribution in [-0.2, 0) is 13.6 Å². The third-order valence-electron chi connectivity index (χ3n) is 3.38. The van der Waals surface area contributed by atoms with E-state index >= 15 is 0 Å². The summed E-state index contributed by atoms with van der Waals surface area (Å²) in [5.41, 5.74) is 3.77. The van der Waals surface area contributed by atoms with Crippen molar-refractivity contribution in [2.24, 2.45) is 7.05 Å². The molecule has 2 heterocycles. The number of hydrogen-bond donors (Lipinski definition) is 1. The highest BCUT2D eigenvalue weighted by Gasteiger charge is 2.08. The van der Waals surface area contributed by atoms with Crippen LogP contribution in [0.4, 0.5) is 5.95 Å². The summed E-state index contributed by atoms with van der Waals surface area (Å²) in [5, 5.41) is 8.61. The van der Waals surface area contributed by atoms with Crippen molar-refractivity contribution in [2.45, 2.75) is 13.5 Å². The summed E-state index contributed by atoms with van der Waals surface area (Å²) in [6.45, 7) is 2.52. The average Bonchev–Trinajstić information content (AvgIpc) is 2.87. The first-order chi connectivity index (χ1) is 11.0. The summed E-state index contributed by atoms with van der Waals surface area (Å²) in [4.78, 5) is 8.79. The van der Waals surface area contributed by atoms with Gasteiger partial charge in [0.25, 0.3) is 0 Å². The van der Waals surface area contributed by atoms with Crippen LogP contribution in [0.15, 0.2) is 36.7 Å². The Balaban J connectivity index is 1.77. The molecule has 5 nitrogen and oxygen atoms in total. The highest BCUT2D eigenvalue weighted by molar-refractivity contribution is 6.42. The molecule has 118 valence electrons. The van der Waals surface area contributed by atoms with Crippen LogP contribution >= 0.6 is 23.2 Å². The third kappa shape index (κ3) is 3.63. The minimum Gasteiger partial charge on any atom is -0.350 e. The number of rotatable bonds is 4. The number of aryl methyl sites for hydroxylation is 2. The van der Waals surface area contributed by atoms with Crippen molar-refractivity contribution in [3.8, 4) is 11.3 Å². The van der Waals surface area contributed by atoms with E-state index < -0.39 is 0 Å². The molecule has 0 bridgehead atoms. The Morgan fingerprint density at radius 1 is 1.17 bits per heavy atom. The van der Waals surface area contributed by atoms with Gasteiger partial charge in [-0.2, -0.15) is 5.10 Å². The monoisotopic (exact) mass is 347 g/mol. The molecule has 0 aliphatic carbocycles. The van der Waals surface area contributed by atoms with Gasteiger partial charge >= 0.3 is 0 Å². The molecule has 0 unspecified atom stereocenters. The van der Waals surface area contributed by atoms with Gasteiger partial charge in [-0.1, -0.05) is 29.3 Å². The first-order valence-electron chi connectivity index (χ1n) is 7.04. The minimum atomic E-state index is 0.534. The van der Waals surface area contributed by atoms with Crippen molar-refractivity contribution < 1.29 is 0 Å². The number of halogens is 2. The zero-order valence-electron chi connectivity index (χ0n) is 12.7. The van der Waals surface area contributed by atoms with Crippen LogP contribution in [0, 0.1) is 6.92 Å². The van der Waals surface area contributed by atoms with E-state index in [-0.39, 0.29) is 0 Å². The second kappa shape index (κ2) is 6.56. The fourth-order valence-electron chi connectivity index (χ4n) is 2.28. The summed E-state index contributed by atoms with van der Waals surface area (Å²) in [6, 6.07) is 7.38. The molecule has 0 amide bonds. The predicted octanol–water partition coefficient (Wildman–Crippen LogP) is 4.10. The number of nitrogens with one attached hydrogen (secondary N) is 1. The van der Waals surface area contributed by atoms with Gasteiger partial charge in [-0.15, -0.1) is 0 Å². The second-order valence-electron chi connectivity index (χ2n) is 5.17. The molecular formula is C16H15Cl2N5. The fraction of sp³-hybridized carbons (Fsp3) is 0.188. The fourth-order valence-corrected chi connectivity index (χ4v) is 2.60. The van der Waals surface area contributed by atoms with Crippen molar-refractivity contribution in [1.29, 1.82) is 0 Å². The molecule has 3 aromatic rings. The topological polar surface area (TPSA) is 55.6 Å². The standard InChI is InChI=1S/C16H15Cl2N5/c1-10-12(9-23(2)22-10)15-5-6-19-16(21-15)20-8-11-3-4-13(17)14(18)7-11/h3-7,9H,8H2,1-2H3,(H,19,20,21). The molecule has 0 aliphatic rings. The van der Waals surface area contributed by atoms with Gasteiger partial charge in [0.15, 0.2) is 0 Å². The lowest BCUT2D eigenvalue weighted by Gasteiger charge is -2.07. The molecule has 0 fully saturated rings. The second-order valence-corrected chi connectivity index (χ2v) is 5.98. The van der Waals surface area contributed by atoms with Crippen LogP contribution in [0.25, 0.3) is 11.3 Å². The molecule has 2 aromatic heterocycles. The lowest BCUT2D eigenvalue weighted by atomic mass is 10.2. The summed E-state index contributed by atoms with van der Waals surface area (Å²) in [5.74, 6) is 0.553. The first-order valence-corrected chi connectivity index (χ1v) is 7.80. The quantitative estimate of drug-likeness (QED) is 0.771. The van der Waals surface area contributed by atoms with Gasteiger partial charge in [-0.25, -0.2) is 9.97 Å². The zero-order chi connectivity index (χ0) is 16.4. The molecule has 3 rings (SSSR count). The van der Waals surface area contributed by atoms with Gasteiger partial charge in [-0.05, 0) is 30.7 Å². The van der Waals surface area contributed by atoms with Gasteiger partial charge in [0, 0.05) is 31.5 Å². The van der Waals surface area contributed by atoms with Crippen LogP contribution in [-0.4, -0.2) is 19.7 Å². The third-order valence-corrected chi connectivity index (χ3v) is 4.12. The van der Waals surface area contributed by atoms with Crippen molar-refractivity contribution in [3.05, 3.63) is 58.0 Å². The van der Waals surface area contributed by atoms with Gasteiger partial charge < -0.3 is 5.32 Å². The van der Waals surface area contributed by atoms with E-state index in [4.69, 9.17) is 23.2 Å². The molecule has 23 heavy (non-hydrogen) atoms. The Hall–Kier alpha value is -2.11. The van der Waals surface area contributed by atoms with E-state index in [1.807, 2.05) is 38.4 Å². The van der Waals surface area contributed by atoms with E-state index in [9.17, 15) is 0 Å². The molecule has 0 aliphatic heterocycles. The highest BCUT2D eigenvalue weighted by atomic mass is 35.5. The van der Waals surface area contributed by atoms with Crippen LogP contribution in [0.3, 0.4) is 0 Å². The molecule has 0 saturated heterocycles. The van der Waals surface area contributed by atoms with Crippen LogP contribution in [0.5, 0.6) is 0 Å². The van der Waals surface area contributed by atoms with Gasteiger partial charge in [0.1, 0.15) is 0 Å².